The van der Waals surface area contributed by atoms with Gasteiger partial charge in [-0.15, -0.1) is 0 Å². The topological polar surface area (TPSA) is 67.9 Å². The molecule has 2 aliphatic heterocycles. The van der Waals surface area contributed by atoms with Gasteiger partial charge in [0.2, 0.25) is 0 Å². The molecule has 4 aliphatic rings. The number of nitrogens with zero attached hydrogens (tertiary/aromatic N) is 1. The van der Waals surface area contributed by atoms with Crippen LogP contribution in [-0.2, 0) is 26.3 Å². The molecule has 2 aromatic carbocycles. The highest BCUT2D eigenvalue weighted by atomic mass is 35.5. The molecular formula is C34H45ClN2O4S. The van der Waals surface area contributed by atoms with Crippen LogP contribution in [0, 0.1) is 11.8 Å². The molecule has 2 heterocycles. The summed E-state index contributed by atoms with van der Waals surface area (Å²) in [7, 11) is -0.961. The molecule has 6 nitrogen and oxygen atoms in total. The van der Waals surface area contributed by atoms with E-state index in [0.717, 1.165) is 74.5 Å². The number of halogens is 1. The van der Waals surface area contributed by atoms with Gasteiger partial charge in [-0.05, 0) is 111 Å². The maximum absolute atomic E-state index is 13.7. The van der Waals surface area contributed by atoms with Crippen LogP contribution in [0.4, 0.5) is 5.69 Å². The number of hydrogen-bond donors (Lipinski definition) is 1. The summed E-state index contributed by atoms with van der Waals surface area (Å²) >= 11 is 6.43. The number of methoxy groups -OCH3 is 1. The van der Waals surface area contributed by atoms with Gasteiger partial charge in [0.25, 0.3) is 5.91 Å². The first kappa shape index (κ1) is 29.8. The van der Waals surface area contributed by atoms with Gasteiger partial charge in [-0.3, -0.25) is 9.52 Å². The average molecular weight is 613 g/mol. The number of aryl methyl sites for hydroxylation is 1. The minimum absolute atomic E-state index is 0.160. The van der Waals surface area contributed by atoms with Crippen molar-refractivity contribution in [1.29, 1.82) is 0 Å². The molecule has 1 amide bonds. The number of nitrogens with one attached hydrogen (secondary N) is 1. The van der Waals surface area contributed by atoms with Gasteiger partial charge in [0.15, 0.2) is 0 Å². The van der Waals surface area contributed by atoms with Crippen LogP contribution in [0.1, 0.15) is 86.2 Å². The Morgan fingerprint density at radius 2 is 1.98 bits per heavy atom. The second-order valence-corrected chi connectivity index (χ2v) is 15.8. The number of fused-ring (bicyclic) bond motifs is 4. The Balaban J connectivity index is 1.41. The third kappa shape index (κ3) is 5.69. The first-order valence-electron chi connectivity index (χ1n) is 15.7. The van der Waals surface area contributed by atoms with E-state index in [4.69, 9.17) is 21.1 Å². The van der Waals surface area contributed by atoms with E-state index >= 15 is 0 Å². The molecule has 6 atom stereocenters. The van der Waals surface area contributed by atoms with Crippen molar-refractivity contribution in [2.24, 2.45) is 11.8 Å². The summed E-state index contributed by atoms with van der Waals surface area (Å²) in [5, 5.41) is 0.617. The van der Waals surface area contributed by atoms with Gasteiger partial charge in [0.1, 0.15) is 5.75 Å². The van der Waals surface area contributed by atoms with Gasteiger partial charge < -0.3 is 14.4 Å². The fraction of sp³-hybridized carbons (Fsp3) is 0.588. The van der Waals surface area contributed by atoms with E-state index in [2.05, 4.69) is 27.6 Å². The molecule has 1 N–H and O–H groups in total. The number of benzene rings is 2. The van der Waals surface area contributed by atoms with Crippen molar-refractivity contribution in [3.63, 3.8) is 0 Å². The van der Waals surface area contributed by atoms with Crippen LogP contribution < -0.4 is 14.4 Å². The Labute approximate surface area is 256 Å². The molecule has 228 valence electrons. The van der Waals surface area contributed by atoms with Crippen molar-refractivity contribution >= 4 is 38.8 Å². The Morgan fingerprint density at radius 1 is 1.14 bits per heavy atom. The highest BCUT2D eigenvalue weighted by Gasteiger charge is 2.44. The monoisotopic (exact) mass is 612 g/mol. The number of anilines is 1. The van der Waals surface area contributed by atoms with Gasteiger partial charge in [-0.25, -0.2) is 4.21 Å². The fourth-order valence-electron chi connectivity index (χ4n) is 8.04. The second-order valence-electron chi connectivity index (χ2n) is 13.0. The highest BCUT2D eigenvalue weighted by Crippen LogP contribution is 2.47. The molecule has 0 aromatic heterocycles. The molecule has 1 saturated carbocycles. The standard InChI is InChI=1S/C34H45ClN2O4S/c1-4-27-9-5-6-10-31(40-2)28-14-11-25(28)20-37-21-34(17-7-8-23-18-26(35)13-15-29(23)34)22-41-32-16-12-24(19-30(32)37)33(38)36-42(27,3)39/h12-13,15-16,18-19,25,27-28,31H,3-11,14,17,20-22H2,1-2H3,(H,36,38,39)/t25-,27+,28+,31-,34-,42?/m0/s1. The van der Waals surface area contributed by atoms with Crippen LogP contribution in [0.2, 0.25) is 5.02 Å². The highest BCUT2D eigenvalue weighted by molar-refractivity contribution is 7.99. The van der Waals surface area contributed by atoms with Crippen molar-refractivity contribution in [2.45, 2.75) is 87.9 Å². The van der Waals surface area contributed by atoms with Crippen molar-refractivity contribution in [1.82, 2.24) is 4.72 Å². The van der Waals surface area contributed by atoms with Crippen LogP contribution in [0.25, 0.3) is 0 Å². The number of carbonyl (C=O) groups is 1. The van der Waals surface area contributed by atoms with E-state index in [0.29, 0.717) is 30.4 Å². The normalized spacial score (nSPS) is 33.4. The summed E-state index contributed by atoms with van der Waals surface area (Å²) < 4.78 is 29.3. The molecule has 6 rings (SSSR count). The van der Waals surface area contributed by atoms with Crippen LogP contribution in [-0.4, -0.2) is 54.1 Å². The van der Waals surface area contributed by atoms with Gasteiger partial charge >= 0.3 is 0 Å². The number of hydrogen-bond acceptors (Lipinski definition) is 5. The van der Waals surface area contributed by atoms with E-state index in [1.165, 1.54) is 24.0 Å². The predicted octanol–water partition coefficient (Wildman–Crippen LogP) is 6.57. The van der Waals surface area contributed by atoms with Gasteiger partial charge in [0, 0.05) is 41.5 Å². The van der Waals surface area contributed by atoms with E-state index in [1.54, 1.807) is 6.07 Å². The number of amides is 1. The summed E-state index contributed by atoms with van der Waals surface area (Å²) in [6.45, 7) is 4.31. The number of rotatable bonds is 2. The fourth-order valence-corrected chi connectivity index (χ4v) is 9.92. The first-order valence-corrected chi connectivity index (χ1v) is 17.9. The Hall–Kier alpha value is -2.22. The lowest BCUT2D eigenvalue weighted by atomic mass is 9.68. The molecule has 1 fully saturated rings. The largest absolute Gasteiger partial charge is 0.490 e. The van der Waals surface area contributed by atoms with E-state index in [-0.39, 0.29) is 22.7 Å². The molecule has 2 aromatic rings. The maximum Gasteiger partial charge on any atom is 0.262 e. The van der Waals surface area contributed by atoms with E-state index < -0.39 is 9.71 Å². The van der Waals surface area contributed by atoms with Crippen molar-refractivity contribution < 1.29 is 18.5 Å². The van der Waals surface area contributed by atoms with Gasteiger partial charge in [0.05, 0.1) is 28.1 Å². The molecule has 0 saturated heterocycles. The zero-order valence-corrected chi connectivity index (χ0v) is 26.6. The Kier molecular flexibility index (Phi) is 8.56. The van der Waals surface area contributed by atoms with Crippen molar-refractivity contribution in [3.05, 3.63) is 58.1 Å². The summed E-state index contributed by atoms with van der Waals surface area (Å²) in [4.78, 5) is 16.0. The third-order valence-corrected chi connectivity index (χ3v) is 12.9. The van der Waals surface area contributed by atoms with Gasteiger partial charge in [-0.1, -0.05) is 37.4 Å². The SMILES string of the molecule is C=S1(=O)NC(=O)c2ccc3c(c2)N(C[C@@H]2CC[C@H]2[C@@H](OC)CCCC[C@H]1CC)C[C@@]1(CCCc2cc(Cl)ccc21)CO3. The quantitative estimate of drug-likeness (QED) is 0.389. The molecular weight excluding hydrogens is 568 g/mol. The molecule has 0 radical (unpaired) electrons. The molecule has 8 heteroatoms. The maximum atomic E-state index is 13.7. The second kappa shape index (κ2) is 12.0. The van der Waals surface area contributed by atoms with Crippen molar-refractivity contribution in [3.8, 4) is 5.75 Å². The van der Waals surface area contributed by atoms with Crippen molar-refractivity contribution in [2.75, 3.05) is 31.7 Å². The Morgan fingerprint density at radius 3 is 2.74 bits per heavy atom. The van der Waals surface area contributed by atoms with Crippen LogP contribution in [0.5, 0.6) is 5.75 Å². The van der Waals surface area contributed by atoms with Gasteiger partial charge in [-0.2, -0.15) is 0 Å². The Bertz CT molecular complexity index is 1430. The number of ether oxygens (including phenoxy) is 2. The zero-order chi connectivity index (χ0) is 29.5. The van der Waals surface area contributed by atoms with Crippen LogP contribution in [0.15, 0.2) is 36.4 Å². The van der Waals surface area contributed by atoms with E-state index in [9.17, 15) is 9.00 Å². The first-order chi connectivity index (χ1) is 20.2. The lowest BCUT2D eigenvalue weighted by molar-refractivity contribution is -0.0220. The minimum atomic E-state index is -2.81. The molecule has 2 bridgehead atoms. The summed E-state index contributed by atoms with van der Waals surface area (Å²) in [5.41, 5.74) is 3.91. The number of carbonyl (C=O) groups excluding carboxylic acids is 1. The minimum Gasteiger partial charge on any atom is -0.490 e. The van der Waals surface area contributed by atoms with Crippen LogP contribution >= 0.6 is 11.6 Å². The third-order valence-electron chi connectivity index (χ3n) is 10.5. The summed E-state index contributed by atoms with van der Waals surface area (Å²) in [6, 6.07) is 12.0. The lowest BCUT2D eigenvalue weighted by Crippen LogP contribution is -2.49. The van der Waals surface area contributed by atoms with E-state index in [1.807, 2.05) is 32.2 Å². The summed E-state index contributed by atoms with van der Waals surface area (Å²) in [6.07, 6.45) is 10.2. The zero-order valence-electron chi connectivity index (χ0n) is 25.0. The molecule has 1 spiro atoms. The molecule has 42 heavy (non-hydrogen) atoms. The molecule has 2 aliphatic carbocycles. The van der Waals surface area contributed by atoms with Crippen LogP contribution in [0.3, 0.4) is 0 Å². The lowest BCUT2D eigenvalue weighted by Gasteiger charge is -2.46. The predicted molar refractivity (Wildman–Crippen MR) is 173 cm³/mol. The molecule has 1 unspecified atom stereocenters. The average Bonchev–Trinajstić information content (AvgIpc) is 3.10. The smallest absolute Gasteiger partial charge is 0.262 e. The summed E-state index contributed by atoms with van der Waals surface area (Å²) in [5.74, 6) is 5.51.